The molecular weight excluding hydrogens is 260 g/mol. The summed E-state index contributed by atoms with van der Waals surface area (Å²) >= 11 is 0. The van der Waals surface area contributed by atoms with Gasteiger partial charge >= 0.3 is 0 Å². The van der Waals surface area contributed by atoms with Gasteiger partial charge in [-0.25, -0.2) is 8.42 Å². The zero-order valence-corrected chi connectivity index (χ0v) is 12.2. The van der Waals surface area contributed by atoms with Crippen LogP contribution in [0.2, 0.25) is 0 Å². The number of piperidine rings is 1. The highest BCUT2D eigenvalue weighted by Crippen LogP contribution is 2.25. The number of sulfonamides is 1. The van der Waals surface area contributed by atoms with Gasteiger partial charge in [0.1, 0.15) is 0 Å². The summed E-state index contributed by atoms with van der Waals surface area (Å²) in [5, 5.41) is 0. The first-order chi connectivity index (χ1) is 9.04. The second-order valence-corrected chi connectivity index (χ2v) is 7.05. The smallest absolute Gasteiger partial charge is 0.218 e. The van der Waals surface area contributed by atoms with Crippen LogP contribution in [0.15, 0.2) is 24.3 Å². The lowest BCUT2D eigenvalue weighted by Gasteiger charge is -2.34. The number of rotatable bonds is 4. The molecular formula is C14H22N2O2S. The molecule has 0 spiro atoms. The molecule has 2 N–H and O–H groups in total. The van der Waals surface area contributed by atoms with Gasteiger partial charge in [-0.15, -0.1) is 0 Å². The topological polar surface area (TPSA) is 63.4 Å². The van der Waals surface area contributed by atoms with E-state index >= 15 is 0 Å². The standard InChI is InChI=1S/C14H22N2O2S/c1-2-13-8-5-6-10-16(13)19(17,18)11-12-7-3-4-9-14(12)15/h3-4,7,9,13H,2,5-6,8,10-11,15H2,1H3. The lowest BCUT2D eigenvalue weighted by atomic mass is 10.0. The molecule has 0 amide bonds. The van der Waals surface area contributed by atoms with Crippen molar-refractivity contribution in [2.45, 2.75) is 44.4 Å². The third-order valence-electron chi connectivity index (χ3n) is 3.79. The molecule has 0 aromatic heterocycles. The Morgan fingerprint density at radius 1 is 1.32 bits per heavy atom. The summed E-state index contributed by atoms with van der Waals surface area (Å²) in [6, 6.07) is 7.34. The second kappa shape index (κ2) is 5.92. The lowest BCUT2D eigenvalue weighted by molar-refractivity contribution is 0.246. The number of hydrogen-bond donors (Lipinski definition) is 1. The van der Waals surface area contributed by atoms with Crippen molar-refractivity contribution in [3.05, 3.63) is 29.8 Å². The fourth-order valence-electron chi connectivity index (χ4n) is 2.69. The first kappa shape index (κ1) is 14.3. The van der Waals surface area contributed by atoms with Gasteiger partial charge in [-0.3, -0.25) is 0 Å². The van der Waals surface area contributed by atoms with Crippen molar-refractivity contribution >= 4 is 15.7 Å². The predicted molar refractivity (Wildman–Crippen MR) is 78.1 cm³/mol. The van der Waals surface area contributed by atoms with Crippen LogP contribution in [0.5, 0.6) is 0 Å². The molecule has 0 saturated carbocycles. The average Bonchev–Trinajstić information content (AvgIpc) is 2.41. The van der Waals surface area contributed by atoms with Gasteiger partial charge < -0.3 is 5.73 Å². The summed E-state index contributed by atoms with van der Waals surface area (Å²) < 4.78 is 26.8. The van der Waals surface area contributed by atoms with Gasteiger partial charge in [0.05, 0.1) is 5.75 Å². The molecule has 1 atom stereocenters. The Morgan fingerprint density at radius 2 is 2.05 bits per heavy atom. The quantitative estimate of drug-likeness (QED) is 0.862. The van der Waals surface area contributed by atoms with E-state index in [1.165, 1.54) is 0 Å². The fourth-order valence-corrected chi connectivity index (χ4v) is 4.63. The van der Waals surface area contributed by atoms with Crippen LogP contribution in [0.1, 0.15) is 38.2 Å². The van der Waals surface area contributed by atoms with Crippen LogP contribution >= 0.6 is 0 Å². The molecule has 5 heteroatoms. The maximum absolute atomic E-state index is 12.5. The van der Waals surface area contributed by atoms with Crippen molar-refractivity contribution in [2.75, 3.05) is 12.3 Å². The van der Waals surface area contributed by atoms with Gasteiger partial charge in [0.25, 0.3) is 0 Å². The van der Waals surface area contributed by atoms with E-state index in [4.69, 9.17) is 5.73 Å². The van der Waals surface area contributed by atoms with Crippen LogP contribution in [0.3, 0.4) is 0 Å². The van der Waals surface area contributed by atoms with Crippen LogP contribution in [0.25, 0.3) is 0 Å². The lowest BCUT2D eigenvalue weighted by Crippen LogP contribution is -2.43. The number of nitrogens with two attached hydrogens (primary N) is 1. The molecule has 1 aliphatic heterocycles. The predicted octanol–water partition coefficient (Wildman–Crippen LogP) is 2.36. The molecule has 0 radical (unpaired) electrons. The van der Waals surface area contributed by atoms with E-state index in [-0.39, 0.29) is 11.8 Å². The average molecular weight is 282 g/mol. The summed E-state index contributed by atoms with van der Waals surface area (Å²) in [7, 11) is -3.27. The van der Waals surface area contributed by atoms with Gasteiger partial charge in [-0.05, 0) is 30.9 Å². The van der Waals surface area contributed by atoms with Crippen molar-refractivity contribution in [1.29, 1.82) is 0 Å². The molecule has 1 unspecified atom stereocenters. The largest absolute Gasteiger partial charge is 0.398 e. The van der Waals surface area contributed by atoms with Gasteiger partial charge in [0, 0.05) is 18.3 Å². The molecule has 1 heterocycles. The van der Waals surface area contributed by atoms with E-state index in [9.17, 15) is 8.42 Å². The van der Waals surface area contributed by atoms with E-state index < -0.39 is 10.0 Å². The molecule has 2 rings (SSSR count). The van der Waals surface area contributed by atoms with Gasteiger partial charge in [0.2, 0.25) is 10.0 Å². The van der Waals surface area contributed by atoms with E-state index in [1.54, 1.807) is 16.4 Å². The van der Waals surface area contributed by atoms with Crippen molar-refractivity contribution < 1.29 is 8.42 Å². The number of nitrogen functional groups attached to an aromatic ring is 1. The Hall–Kier alpha value is -1.07. The molecule has 1 aromatic rings. The third-order valence-corrected chi connectivity index (χ3v) is 5.67. The minimum atomic E-state index is -3.27. The summed E-state index contributed by atoms with van der Waals surface area (Å²) in [5.74, 6) is 0.0101. The second-order valence-electron chi connectivity index (χ2n) is 5.12. The SMILES string of the molecule is CCC1CCCCN1S(=O)(=O)Cc1ccccc1N. The summed E-state index contributed by atoms with van der Waals surface area (Å²) in [6.07, 6.45) is 3.93. The van der Waals surface area contributed by atoms with Crippen molar-refractivity contribution in [3.63, 3.8) is 0 Å². The van der Waals surface area contributed by atoms with E-state index in [2.05, 4.69) is 6.92 Å². The molecule has 0 aliphatic carbocycles. The fraction of sp³-hybridized carbons (Fsp3) is 0.571. The van der Waals surface area contributed by atoms with Crippen molar-refractivity contribution in [1.82, 2.24) is 4.31 Å². The Morgan fingerprint density at radius 3 is 2.74 bits per heavy atom. The third kappa shape index (κ3) is 3.28. The van der Waals surface area contributed by atoms with E-state index in [0.29, 0.717) is 17.8 Å². The first-order valence-corrected chi connectivity index (χ1v) is 8.48. The minimum absolute atomic E-state index is 0.0101. The zero-order chi connectivity index (χ0) is 13.9. The number of para-hydroxylation sites is 1. The van der Waals surface area contributed by atoms with E-state index in [1.807, 2.05) is 12.1 Å². The van der Waals surface area contributed by atoms with Crippen LogP contribution < -0.4 is 5.73 Å². The Bertz CT molecular complexity index is 528. The highest BCUT2D eigenvalue weighted by molar-refractivity contribution is 7.88. The molecule has 1 fully saturated rings. The van der Waals surface area contributed by atoms with Crippen LogP contribution in [0, 0.1) is 0 Å². The maximum Gasteiger partial charge on any atom is 0.218 e. The van der Waals surface area contributed by atoms with Gasteiger partial charge in [-0.2, -0.15) is 4.31 Å². The van der Waals surface area contributed by atoms with Crippen LogP contribution in [-0.4, -0.2) is 25.3 Å². The van der Waals surface area contributed by atoms with Crippen LogP contribution in [0.4, 0.5) is 5.69 Å². The summed E-state index contributed by atoms with van der Waals surface area (Å²) in [6.45, 7) is 2.70. The monoisotopic (exact) mass is 282 g/mol. The molecule has 1 aromatic carbocycles. The Labute approximate surface area is 115 Å². The highest BCUT2D eigenvalue weighted by Gasteiger charge is 2.31. The Kier molecular flexibility index (Phi) is 4.47. The molecule has 106 valence electrons. The van der Waals surface area contributed by atoms with E-state index in [0.717, 1.165) is 25.7 Å². The molecule has 1 aliphatic rings. The van der Waals surface area contributed by atoms with Crippen molar-refractivity contribution in [2.24, 2.45) is 0 Å². The van der Waals surface area contributed by atoms with Gasteiger partial charge in [0.15, 0.2) is 0 Å². The highest BCUT2D eigenvalue weighted by atomic mass is 32.2. The number of nitrogens with zero attached hydrogens (tertiary/aromatic N) is 1. The first-order valence-electron chi connectivity index (χ1n) is 6.87. The molecule has 0 bridgehead atoms. The number of hydrogen-bond acceptors (Lipinski definition) is 3. The minimum Gasteiger partial charge on any atom is -0.398 e. The molecule has 4 nitrogen and oxygen atoms in total. The zero-order valence-electron chi connectivity index (χ0n) is 11.4. The summed E-state index contributed by atoms with van der Waals surface area (Å²) in [5.41, 5.74) is 7.09. The molecule has 1 saturated heterocycles. The Balaban J connectivity index is 2.20. The number of benzene rings is 1. The van der Waals surface area contributed by atoms with Gasteiger partial charge in [-0.1, -0.05) is 31.5 Å². The summed E-state index contributed by atoms with van der Waals surface area (Å²) in [4.78, 5) is 0. The number of anilines is 1. The van der Waals surface area contributed by atoms with Crippen LogP contribution in [-0.2, 0) is 15.8 Å². The normalized spacial score (nSPS) is 21.4. The maximum atomic E-state index is 12.5. The molecule has 19 heavy (non-hydrogen) atoms. The van der Waals surface area contributed by atoms with Crippen molar-refractivity contribution in [3.8, 4) is 0 Å².